The number of hydrogen-bond donors (Lipinski definition) is 2. The summed E-state index contributed by atoms with van der Waals surface area (Å²) in [4.78, 5) is 32.1. The zero-order valence-corrected chi connectivity index (χ0v) is 21.1. The van der Waals surface area contributed by atoms with Crippen LogP contribution in [0.2, 0.25) is 0 Å². The Morgan fingerprint density at radius 1 is 1.14 bits per heavy atom. The summed E-state index contributed by atoms with van der Waals surface area (Å²) < 4.78 is 11.0. The molecule has 0 unspecified atom stereocenters. The molecule has 0 bridgehead atoms. The largest absolute Gasteiger partial charge is 0.507 e. The second-order valence-electron chi connectivity index (χ2n) is 8.90. The van der Waals surface area contributed by atoms with Gasteiger partial charge in [0.2, 0.25) is 0 Å². The number of amides is 1. The van der Waals surface area contributed by atoms with Gasteiger partial charge in [0.05, 0.1) is 25.3 Å². The number of pyridine rings is 1. The van der Waals surface area contributed by atoms with Gasteiger partial charge in [0, 0.05) is 24.5 Å². The van der Waals surface area contributed by atoms with Crippen molar-refractivity contribution in [3.05, 3.63) is 88.8 Å². The number of aliphatic hydroxyl groups excluding tert-OH is 1. The molecule has 8 nitrogen and oxygen atoms in total. The van der Waals surface area contributed by atoms with E-state index in [4.69, 9.17) is 9.47 Å². The third-order valence-electron chi connectivity index (χ3n) is 6.35. The van der Waals surface area contributed by atoms with Gasteiger partial charge in [-0.05, 0) is 66.4 Å². The summed E-state index contributed by atoms with van der Waals surface area (Å²) in [5, 5.41) is 21.6. The maximum Gasteiger partial charge on any atom is 0.295 e. The Morgan fingerprint density at radius 3 is 2.62 bits per heavy atom. The standard InChI is InChI=1S/C29H30N2O6/c1-4-5-13-37-21-9-10-22(18(2)14-21)27(33)25-26(20-8-11-23(32)24(15-20)36-3)31(29(35)28(25)34)17-19-7-6-12-30-16-19/h6-12,14-16,26,32-33H,4-5,13,17H2,1-3H3/b27-25+/t26-/m0/s1. The molecule has 1 aliphatic heterocycles. The summed E-state index contributed by atoms with van der Waals surface area (Å²) >= 11 is 0. The van der Waals surface area contributed by atoms with Crippen LogP contribution in [0.5, 0.6) is 17.2 Å². The van der Waals surface area contributed by atoms with Crippen molar-refractivity contribution in [3.8, 4) is 17.2 Å². The fraction of sp³-hybridized carbons (Fsp3) is 0.276. The number of methoxy groups -OCH3 is 1. The SMILES string of the molecule is CCCCOc1ccc(/C(O)=C2\C(=O)C(=O)N(Cc3cccnc3)[C@H]2c2ccc(O)c(OC)c2)c(C)c1. The van der Waals surface area contributed by atoms with Crippen LogP contribution in [0.1, 0.15) is 48.1 Å². The van der Waals surface area contributed by atoms with E-state index in [-0.39, 0.29) is 29.4 Å². The molecular weight excluding hydrogens is 472 g/mol. The van der Waals surface area contributed by atoms with Gasteiger partial charge in [-0.1, -0.05) is 25.5 Å². The minimum Gasteiger partial charge on any atom is -0.507 e. The van der Waals surface area contributed by atoms with Gasteiger partial charge in [-0.3, -0.25) is 14.6 Å². The average Bonchev–Trinajstić information content (AvgIpc) is 3.14. The van der Waals surface area contributed by atoms with Gasteiger partial charge in [0.15, 0.2) is 11.5 Å². The zero-order valence-electron chi connectivity index (χ0n) is 21.1. The number of nitrogens with zero attached hydrogens (tertiary/aromatic N) is 2. The molecule has 2 N–H and O–H groups in total. The molecule has 1 atom stereocenters. The van der Waals surface area contributed by atoms with Crippen LogP contribution >= 0.6 is 0 Å². The molecule has 4 rings (SSSR count). The maximum atomic E-state index is 13.3. The summed E-state index contributed by atoms with van der Waals surface area (Å²) in [6.07, 6.45) is 5.18. The van der Waals surface area contributed by atoms with Crippen LogP contribution in [0, 0.1) is 6.92 Å². The predicted octanol–water partition coefficient (Wildman–Crippen LogP) is 4.91. The third kappa shape index (κ3) is 5.28. The summed E-state index contributed by atoms with van der Waals surface area (Å²) in [5.74, 6) is -1.03. The lowest BCUT2D eigenvalue weighted by Gasteiger charge is -2.26. The van der Waals surface area contributed by atoms with Crippen molar-refractivity contribution in [1.29, 1.82) is 0 Å². The van der Waals surface area contributed by atoms with Crippen LogP contribution in [0.15, 0.2) is 66.5 Å². The molecule has 1 aliphatic rings. The highest BCUT2D eigenvalue weighted by atomic mass is 16.5. The molecule has 0 radical (unpaired) electrons. The summed E-state index contributed by atoms with van der Waals surface area (Å²) in [5.41, 5.74) is 2.33. The number of rotatable bonds is 9. The van der Waals surface area contributed by atoms with E-state index in [0.29, 0.717) is 29.0 Å². The van der Waals surface area contributed by atoms with Crippen LogP contribution in [-0.2, 0) is 16.1 Å². The lowest BCUT2D eigenvalue weighted by Crippen LogP contribution is -2.29. The van der Waals surface area contributed by atoms with E-state index in [1.54, 1.807) is 48.8 Å². The van der Waals surface area contributed by atoms with Gasteiger partial charge in [0.1, 0.15) is 11.5 Å². The molecule has 3 aromatic rings. The van der Waals surface area contributed by atoms with Crippen molar-refractivity contribution >= 4 is 17.4 Å². The molecule has 2 heterocycles. The van der Waals surface area contributed by atoms with Crippen molar-refractivity contribution in [2.24, 2.45) is 0 Å². The van der Waals surface area contributed by atoms with E-state index in [1.807, 2.05) is 13.0 Å². The molecule has 1 aromatic heterocycles. The van der Waals surface area contributed by atoms with Crippen LogP contribution in [0.4, 0.5) is 0 Å². The molecule has 192 valence electrons. The number of aliphatic hydroxyl groups is 1. The number of ether oxygens (including phenoxy) is 2. The summed E-state index contributed by atoms with van der Waals surface area (Å²) in [6.45, 7) is 4.58. The minimum atomic E-state index is -0.908. The molecule has 0 spiro atoms. The van der Waals surface area contributed by atoms with E-state index in [9.17, 15) is 19.8 Å². The number of hydrogen-bond acceptors (Lipinski definition) is 7. The maximum absolute atomic E-state index is 13.3. The van der Waals surface area contributed by atoms with Crippen molar-refractivity contribution in [3.63, 3.8) is 0 Å². The Labute approximate surface area is 215 Å². The molecule has 1 saturated heterocycles. The molecule has 37 heavy (non-hydrogen) atoms. The lowest BCUT2D eigenvalue weighted by atomic mass is 9.93. The molecule has 0 aliphatic carbocycles. The molecular formula is C29H30N2O6. The number of carbonyl (C=O) groups is 2. The van der Waals surface area contributed by atoms with Crippen LogP contribution < -0.4 is 9.47 Å². The number of benzene rings is 2. The number of aryl methyl sites for hydroxylation is 1. The van der Waals surface area contributed by atoms with E-state index < -0.39 is 17.7 Å². The van der Waals surface area contributed by atoms with Crippen LogP contribution in [0.3, 0.4) is 0 Å². The fourth-order valence-corrected chi connectivity index (χ4v) is 4.41. The smallest absolute Gasteiger partial charge is 0.295 e. The predicted molar refractivity (Wildman–Crippen MR) is 138 cm³/mol. The highest BCUT2D eigenvalue weighted by Crippen LogP contribution is 2.43. The summed E-state index contributed by atoms with van der Waals surface area (Å²) in [6, 6.07) is 12.5. The Balaban J connectivity index is 1.82. The number of phenolic OH excluding ortho intramolecular Hbond substituents is 1. The second-order valence-corrected chi connectivity index (χ2v) is 8.90. The number of aromatic hydroxyl groups is 1. The average molecular weight is 503 g/mol. The topological polar surface area (TPSA) is 109 Å². The first-order valence-electron chi connectivity index (χ1n) is 12.1. The first-order chi connectivity index (χ1) is 17.8. The van der Waals surface area contributed by atoms with Gasteiger partial charge in [0.25, 0.3) is 11.7 Å². The number of unbranched alkanes of at least 4 members (excludes halogenated alkanes) is 1. The second kappa shape index (κ2) is 11.2. The van der Waals surface area contributed by atoms with Crippen molar-refractivity contribution in [1.82, 2.24) is 9.88 Å². The van der Waals surface area contributed by atoms with Crippen molar-refractivity contribution < 1.29 is 29.3 Å². The van der Waals surface area contributed by atoms with Gasteiger partial charge >= 0.3 is 0 Å². The number of likely N-dealkylation sites (tertiary alicyclic amines) is 1. The van der Waals surface area contributed by atoms with Gasteiger partial charge in [-0.25, -0.2) is 0 Å². The van der Waals surface area contributed by atoms with E-state index in [2.05, 4.69) is 11.9 Å². The Bertz CT molecular complexity index is 1340. The van der Waals surface area contributed by atoms with E-state index in [0.717, 1.165) is 18.4 Å². The molecule has 0 saturated carbocycles. The monoisotopic (exact) mass is 502 g/mol. The number of ketones is 1. The molecule has 2 aromatic carbocycles. The molecule has 1 fully saturated rings. The highest BCUT2D eigenvalue weighted by molar-refractivity contribution is 6.46. The highest BCUT2D eigenvalue weighted by Gasteiger charge is 2.46. The van der Waals surface area contributed by atoms with E-state index >= 15 is 0 Å². The van der Waals surface area contributed by atoms with E-state index in [1.165, 1.54) is 18.1 Å². The summed E-state index contributed by atoms with van der Waals surface area (Å²) in [7, 11) is 1.42. The first-order valence-corrected chi connectivity index (χ1v) is 12.1. The Kier molecular flexibility index (Phi) is 7.77. The Morgan fingerprint density at radius 2 is 1.95 bits per heavy atom. The van der Waals surface area contributed by atoms with Crippen molar-refractivity contribution in [2.45, 2.75) is 39.3 Å². The zero-order chi connectivity index (χ0) is 26.5. The first kappa shape index (κ1) is 25.8. The fourth-order valence-electron chi connectivity index (χ4n) is 4.41. The van der Waals surface area contributed by atoms with Gasteiger partial charge in [-0.15, -0.1) is 0 Å². The Hall–Kier alpha value is -4.33. The third-order valence-corrected chi connectivity index (χ3v) is 6.35. The quantitative estimate of drug-likeness (QED) is 0.185. The van der Waals surface area contributed by atoms with Crippen LogP contribution in [0.25, 0.3) is 5.76 Å². The van der Waals surface area contributed by atoms with Crippen LogP contribution in [-0.4, -0.2) is 45.5 Å². The lowest BCUT2D eigenvalue weighted by molar-refractivity contribution is -0.140. The van der Waals surface area contributed by atoms with Gasteiger partial charge in [-0.2, -0.15) is 0 Å². The number of Topliss-reactive ketones (excluding diaryl/α,β-unsaturated/α-hetero) is 1. The molecule has 8 heteroatoms. The van der Waals surface area contributed by atoms with Crippen molar-refractivity contribution in [2.75, 3.05) is 13.7 Å². The van der Waals surface area contributed by atoms with Gasteiger partial charge < -0.3 is 24.6 Å². The number of phenols is 1. The molecule has 1 amide bonds. The number of carbonyl (C=O) groups excluding carboxylic acids is 2. The minimum absolute atomic E-state index is 0.0376. The normalized spacial score (nSPS) is 16.7. The number of aromatic nitrogens is 1.